The minimum Gasteiger partial charge on any atom is -0.247 e. The SMILES string of the molecule is c1ccc(-c2nc(-c3ccc(-c4ccc5c(c4)nc(-c4ccccc4)c4cc6c(cc45)C4(c5ccccc5S6)c5ccccc5-c5ccccc54)cc3)c3ccccc3n2)cc1. The van der Waals surface area contributed by atoms with Crippen molar-refractivity contribution < 1.29 is 0 Å². The number of nitrogens with zero attached hydrogens (tertiary/aromatic N) is 3. The van der Waals surface area contributed by atoms with Gasteiger partial charge in [-0.15, -0.1) is 0 Å². The lowest BCUT2D eigenvalue weighted by molar-refractivity contribution is 0.724. The summed E-state index contributed by atoms with van der Waals surface area (Å²) >= 11 is 1.88. The van der Waals surface area contributed by atoms with E-state index in [2.05, 4.69) is 188 Å². The molecule has 3 nitrogen and oxygen atoms in total. The molecule has 11 aromatic rings. The molecule has 1 aliphatic heterocycles. The van der Waals surface area contributed by atoms with E-state index in [1.54, 1.807) is 0 Å². The molecule has 0 amide bonds. The lowest BCUT2D eigenvalue weighted by Crippen LogP contribution is -2.32. The number of para-hydroxylation sites is 1. The van der Waals surface area contributed by atoms with Crippen LogP contribution in [0, 0.1) is 0 Å². The van der Waals surface area contributed by atoms with Crippen LogP contribution in [0.5, 0.6) is 0 Å². The smallest absolute Gasteiger partial charge is 0.160 e. The van der Waals surface area contributed by atoms with Crippen molar-refractivity contribution in [1.82, 2.24) is 15.0 Å². The molecule has 9 aromatic carbocycles. The maximum Gasteiger partial charge on any atom is 0.160 e. The highest BCUT2D eigenvalue weighted by Crippen LogP contribution is 2.62. The summed E-state index contributed by atoms with van der Waals surface area (Å²) < 4.78 is 0. The van der Waals surface area contributed by atoms with E-state index in [-0.39, 0.29) is 0 Å². The molecule has 0 fully saturated rings. The molecule has 0 bridgehead atoms. The van der Waals surface area contributed by atoms with Crippen molar-refractivity contribution in [2.75, 3.05) is 0 Å². The maximum atomic E-state index is 5.53. The minimum absolute atomic E-state index is 0.459. The molecule has 13 rings (SSSR count). The van der Waals surface area contributed by atoms with Gasteiger partial charge in [0.05, 0.1) is 27.8 Å². The van der Waals surface area contributed by atoms with Gasteiger partial charge in [-0.1, -0.05) is 194 Å². The zero-order chi connectivity index (χ0) is 40.8. The minimum atomic E-state index is -0.459. The van der Waals surface area contributed by atoms with Crippen molar-refractivity contribution in [2.45, 2.75) is 15.2 Å². The first-order valence-electron chi connectivity index (χ1n) is 21.1. The summed E-state index contributed by atoms with van der Waals surface area (Å²) in [5.74, 6) is 0.724. The van der Waals surface area contributed by atoms with Crippen molar-refractivity contribution in [2.24, 2.45) is 0 Å². The standard InChI is InChI=1S/C58H35N3S/c1-3-15-37(16-4-1)56-46-35-54-50(58(49-24-12-14-26-53(49)62-54)47-22-10-7-19-41(47)42-20-8-11-23-48(42)58)34-45(46)43-32-31-40(33-52(43)59-56)36-27-29-38(30-28-36)55-44-21-9-13-25-51(44)60-57(61-55)39-17-5-2-6-18-39/h1-35H. The van der Waals surface area contributed by atoms with Gasteiger partial charge in [-0.2, -0.15) is 0 Å². The predicted octanol–water partition coefficient (Wildman–Crippen LogP) is 14.8. The monoisotopic (exact) mass is 805 g/mol. The summed E-state index contributed by atoms with van der Waals surface area (Å²) in [6, 6.07) is 76.7. The average Bonchev–Trinajstić information content (AvgIpc) is 3.64. The fourth-order valence-electron chi connectivity index (χ4n) is 10.2. The molecule has 0 unspecified atom stereocenters. The summed E-state index contributed by atoms with van der Waals surface area (Å²) in [4.78, 5) is 18.1. The lowest BCUT2D eigenvalue weighted by atomic mass is 9.67. The normalized spacial score (nSPS) is 13.2. The van der Waals surface area contributed by atoms with E-state index < -0.39 is 5.41 Å². The van der Waals surface area contributed by atoms with E-state index in [0.717, 1.165) is 72.2 Å². The van der Waals surface area contributed by atoms with Gasteiger partial charge in [0.1, 0.15) is 0 Å². The second kappa shape index (κ2) is 13.7. The Morgan fingerprint density at radius 3 is 1.65 bits per heavy atom. The van der Waals surface area contributed by atoms with Crippen LogP contribution >= 0.6 is 11.8 Å². The predicted molar refractivity (Wildman–Crippen MR) is 256 cm³/mol. The molecule has 1 aliphatic carbocycles. The number of fused-ring (bicyclic) bond motifs is 13. The molecule has 2 aromatic heterocycles. The van der Waals surface area contributed by atoms with Crippen LogP contribution < -0.4 is 0 Å². The molecular weight excluding hydrogens is 771 g/mol. The number of benzene rings is 9. The molecule has 0 atom stereocenters. The maximum absolute atomic E-state index is 5.53. The summed E-state index contributed by atoms with van der Waals surface area (Å²) in [6.07, 6.45) is 0. The highest BCUT2D eigenvalue weighted by atomic mass is 32.2. The molecular formula is C58H35N3S. The van der Waals surface area contributed by atoms with Crippen LogP contribution in [-0.2, 0) is 5.41 Å². The van der Waals surface area contributed by atoms with Crippen LogP contribution in [0.25, 0.3) is 88.7 Å². The summed E-state index contributed by atoms with van der Waals surface area (Å²) in [7, 11) is 0. The van der Waals surface area contributed by atoms with Gasteiger partial charge >= 0.3 is 0 Å². The molecule has 288 valence electrons. The Balaban J connectivity index is 1.00. The lowest BCUT2D eigenvalue weighted by Gasteiger charge is -2.40. The van der Waals surface area contributed by atoms with Crippen LogP contribution in [0.3, 0.4) is 0 Å². The Kier molecular flexibility index (Phi) is 7.75. The Hall–Kier alpha value is -7.66. The number of pyridine rings is 1. The van der Waals surface area contributed by atoms with Gasteiger partial charge in [0.25, 0.3) is 0 Å². The van der Waals surface area contributed by atoms with Gasteiger partial charge in [0.2, 0.25) is 0 Å². The molecule has 0 radical (unpaired) electrons. The van der Waals surface area contributed by atoms with Crippen LogP contribution in [0.2, 0.25) is 0 Å². The van der Waals surface area contributed by atoms with E-state index in [0.29, 0.717) is 0 Å². The molecule has 4 heteroatoms. The third-order valence-electron chi connectivity index (χ3n) is 12.9. The molecule has 1 spiro atoms. The van der Waals surface area contributed by atoms with Crippen LogP contribution in [0.4, 0.5) is 0 Å². The quantitative estimate of drug-likeness (QED) is 0.166. The highest BCUT2D eigenvalue weighted by Gasteiger charge is 2.50. The molecule has 0 N–H and O–H groups in total. The van der Waals surface area contributed by atoms with Gasteiger partial charge in [0.15, 0.2) is 5.82 Å². The largest absolute Gasteiger partial charge is 0.247 e. The van der Waals surface area contributed by atoms with Crippen molar-refractivity contribution in [3.63, 3.8) is 0 Å². The van der Waals surface area contributed by atoms with Gasteiger partial charge in [0, 0.05) is 42.6 Å². The zero-order valence-electron chi connectivity index (χ0n) is 33.5. The third-order valence-corrected chi connectivity index (χ3v) is 14.1. The fourth-order valence-corrected chi connectivity index (χ4v) is 11.4. The van der Waals surface area contributed by atoms with Crippen molar-refractivity contribution in [3.05, 3.63) is 235 Å². The topological polar surface area (TPSA) is 38.7 Å². The van der Waals surface area contributed by atoms with Crippen molar-refractivity contribution >= 4 is 44.3 Å². The molecule has 0 saturated heterocycles. The van der Waals surface area contributed by atoms with E-state index in [1.807, 2.05) is 36.0 Å². The molecule has 0 saturated carbocycles. The molecule has 62 heavy (non-hydrogen) atoms. The number of aromatic nitrogens is 3. The molecule has 2 aliphatic rings. The Labute approximate surface area is 363 Å². The number of hydrogen-bond acceptors (Lipinski definition) is 4. The summed E-state index contributed by atoms with van der Waals surface area (Å²) in [5, 5.41) is 4.54. The highest BCUT2D eigenvalue weighted by molar-refractivity contribution is 7.99. The second-order valence-electron chi connectivity index (χ2n) is 16.2. The first-order chi connectivity index (χ1) is 30.7. The average molecular weight is 806 g/mol. The van der Waals surface area contributed by atoms with Crippen LogP contribution in [0.15, 0.2) is 222 Å². The van der Waals surface area contributed by atoms with E-state index in [1.165, 1.54) is 48.6 Å². The van der Waals surface area contributed by atoms with E-state index in [4.69, 9.17) is 15.0 Å². The molecule has 3 heterocycles. The first kappa shape index (κ1) is 35.1. The fraction of sp³-hybridized carbons (Fsp3) is 0.0172. The van der Waals surface area contributed by atoms with E-state index >= 15 is 0 Å². The Morgan fingerprint density at radius 1 is 0.306 bits per heavy atom. The second-order valence-corrected chi connectivity index (χ2v) is 17.3. The van der Waals surface area contributed by atoms with Gasteiger partial charge in [-0.3, -0.25) is 0 Å². The van der Waals surface area contributed by atoms with Crippen molar-refractivity contribution in [3.8, 4) is 56.2 Å². The Bertz CT molecular complexity index is 3550. The number of hydrogen-bond donors (Lipinski definition) is 0. The van der Waals surface area contributed by atoms with Gasteiger partial charge in [-0.05, 0) is 80.2 Å². The Morgan fingerprint density at radius 2 is 0.887 bits per heavy atom. The van der Waals surface area contributed by atoms with Gasteiger partial charge in [-0.25, -0.2) is 15.0 Å². The number of rotatable bonds is 4. The van der Waals surface area contributed by atoms with E-state index in [9.17, 15) is 0 Å². The zero-order valence-corrected chi connectivity index (χ0v) is 34.3. The third kappa shape index (κ3) is 5.17. The summed E-state index contributed by atoms with van der Waals surface area (Å²) in [6.45, 7) is 0. The first-order valence-corrected chi connectivity index (χ1v) is 21.9. The summed E-state index contributed by atoms with van der Waals surface area (Å²) in [5.41, 5.74) is 16.7. The van der Waals surface area contributed by atoms with Gasteiger partial charge < -0.3 is 0 Å². The van der Waals surface area contributed by atoms with Crippen LogP contribution in [-0.4, -0.2) is 15.0 Å². The van der Waals surface area contributed by atoms with Crippen LogP contribution in [0.1, 0.15) is 22.3 Å². The van der Waals surface area contributed by atoms with Crippen molar-refractivity contribution in [1.29, 1.82) is 0 Å².